The summed E-state index contributed by atoms with van der Waals surface area (Å²) in [4.78, 5) is 0.226. The minimum absolute atomic E-state index is 0.101. The number of aliphatic hydroxyl groups excluding tert-OH is 1. The lowest BCUT2D eigenvalue weighted by Crippen LogP contribution is -2.33. The molecule has 2 N–H and O–H groups in total. The van der Waals surface area contributed by atoms with E-state index in [0.717, 1.165) is 11.1 Å². The molecule has 0 spiro atoms. The van der Waals surface area contributed by atoms with E-state index in [-0.39, 0.29) is 17.4 Å². The molecule has 0 aliphatic heterocycles. The molecule has 5 heteroatoms. The van der Waals surface area contributed by atoms with Gasteiger partial charge in [0.1, 0.15) is 0 Å². The Hall–Kier alpha value is -1.69. The standard InChI is InChI=1S/C17H21NO3S/c1-13-8-10-16(11-9-13)22(20,21)18-17(14(2)12-19)15-6-4-3-5-7-15/h3-11,14,17-19H,12H2,1-2H3/t14-,17+/m0/s1. The fourth-order valence-electron chi connectivity index (χ4n) is 2.23. The highest BCUT2D eigenvalue weighted by Gasteiger charge is 2.25. The Labute approximate surface area is 131 Å². The van der Waals surface area contributed by atoms with Crippen molar-refractivity contribution >= 4 is 10.0 Å². The maximum atomic E-state index is 12.6. The SMILES string of the molecule is Cc1ccc(S(=O)(=O)N[C@@H](c2ccccc2)[C@@H](C)CO)cc1. The van der Waals surface area contributed by atoms with Crippen molar-refractivity contribution in [3.8, 4) is 0 Å². The molecule has 0 saturated heterocycles. The number of aliphatic hydroxyl groups is 1. The number of aryl methyl sites for hydroxylation is 1. The summed E-state index contributed by atoms with van der Waals surface area (Å²) in [7, 11) is -3.64. The molecule has 2 aromatic carbocycles. The number of sulfonamides is 1. The van der Waals surface area contributed by atoms with Gasteiger partial charge in [0.05, 0.1) is 10.9 Å². The third kappa shape index (κ3) is 3.94. The van der Waals surface area contributed by atoms with Gasteiger partial charge in [-0.05, 0) is 30.5 Å². The lowest BCUT2D eigenvalue weighted by molar-refractivity contribution is 0.211. The van der Waals surface area contributed by atoms with E-state index < -0.39 is 16.1 Å². The third-order valence-electron chi connectivity index (χ3n) is 3.63. The lowest BCUT2D eigenvalue weighted by atomic mass is 9.96. The molecule has 0 aliphatic rings. The third-order valence-corrected chi connectivity index (χ3v) is 5.09. The second kappa shape index (κ2) is 7.05. The van der Waals surface area contributed by atoms with Crippen LogP contribution >= 0.6 is 0 Å². The fraction of sp³-hybridized carbons (Fsp3) is 0.294. The molecule has 0 saturated carbocycles. The Morgan fingerprint density at radius 2 is 1.64 bits per heavy atom. The Morgan fingerprint density at radius 3 is 2.18 bits per heavy atom. The minimum Gasteiger partial charge on any atom is -0.396 e. The number of benzene rings is 2. The zero-order valence-electron chi connectivity index (χ0n) is 12.7. The zero-order chi connectivity index (χ0) is 16.2. The molecule has 0 fully saturated rings. The van der Waals surface area contributed by atoms with Gasteiger partial charge < -0.3 is 5.11 Å². The molecule has 4 nitrogen and oxygen atoms in total. The first-order valence-corrected chi connectivity index (χ1v) is 8.67. The molecule has 2 rings (SSSR count). The number of hydrogen-bond donors (Lipinski definition) is 2. The summed E-state index contributed by atoms with van der Waals surface area (Å²) in [6.45, 7) is 3.62. The van der Waals surface area contributed by atoms with Gasteiger partial charge in [-0.25, -0.2) is 13.1 Å². The van der Waals surface area contributed by atoms with Crippen molar-refractivity contribution in [2.24, 2.45) is 5.92 Å². The van der Waals surface area contributed by atoms with Gasteiger partial charge in [-0.2, -0.15) is 0 Å². The summed E-state index contributed by atoms with van der Waals surface area (Å²) in [5, 5.41) is 9.44. The summed E-state index contributed by atoms with van der Waals surface area (Å²) in [6, 6.07) is 15.5. The van der Waals surface area contributed by atoms with Gasteiger partial charge in [0.15, 0.2) is 0 Å². The van der Waals surface area contributed by atoms with E-state index in [1.807, 2.05) is 44.2 Å². The molecule has 0 radical (unpaired) electrons. The van der Waals surface area contributed by atoms with Crippen LogP contribution in [-0.4, -0.2) is 20.1 Å². The first-order chi connectivity index (χ1) is 10.4. The molecule has 0 heterocycles. The van der Waals surface area contributed by atoms with Crippen molar-refractivity contribution in [1.82, 2.24) is 4.72 Å². The van der Waals surface area contributed by atoms with Gasteiger partial charge >= 0.3 is 0 Å². The maximum absolute atomic E-state index is 12.6. The van der Waals surface area contributed by atoms with E-state index >= 15 is 0 Å². The predicted octanol–water partition coefficient (Wildman–Crippen LogP) is 2.64. The second-order valence-corrected chi connectivity index (χ2v) is 7.20. The van der Waals surface area contributed by atoms with E-state index in [9.17, 15) is 13.5 Å². The minimum atomic E-state index is -3.64. The predicted molar refractivity (Wildman–Crippen MR) is 86.9 cm³/mol. The van der Waals surface area contributed by atoms with Crippen LogP contribution in [0.5, 0.6) is 0 Å². The van der Waals surface area contributed by atoms with Crippen LogP contribution in [0.2, 0.25) is 0 Å². The molecular weight excluding hydrogens is 298 g/mol. The number of rotatable bonds is 6. The van der Waals surface area contributed by atoms with Gasteiger partial charge in [0.25, 0.3) is 0 Å². The summed E-state index contributed by atoms with van der Waals surface area (Å²) in [5.74, 6) is -0.234. The van der Waals surface area contributed by atoms with Crippen LogP contribution < -0.4 is 4.72 Å². The maximum Gasteiger partial charge on any atom is 0.241 e. The van der Waals surface area contributed by atoms with Crippen LogP contribution in [0.3, 0.4) is 0 Å². The Bertz CT molecular complexity index is 696. The highest BCUT2D eigenvalue weighted by molar-refractivity contribution is 7.89. The van der Waals surface area contributed by atoms with E-state index in [1.165, 1.54) is 0 Å². The van der Waals surface area contributed by atoms with Crippen LogP contribution in [-0.2, 0) is 10.0 Å². The molecule has 0 amide bonds. The van der Waals surface area contributed by atoms with Crippen LogP contribution in [0.25, 0.3) is 0 Å². The topological polar surface area (TPSA) is 66.4 Å². The van der Waals surface area contributed by atoms with Crippen LogP contribution in [0, 0.1) is 12.8 Å². The highest BCUT2D eigenvalue weighted by Crippen LogP contribution is 2.24. The summed E-state index contributed by atoms with van der Waals surface area (Å²) in [6.07, 6.45) is 0. The Kier molecular flexibility index (Phi) is 5.34. The van der Waals surface area contributed by atoms with E-state index in [0.29, 0.717) is 0 Å². The fourth-order valence-corrected chi connectivity index (χ4v) is 3.56. The normalized spacial score (nSPS) is 14.5. The van der Waals surface area contributed by atoms with Crippen LogP contribution in [0.15, 0.2) is 59.5 Å². The molecule has 0 aromatic heterocycles. The van der Waals surface area contributed by atoms with Crippen molar-refractivity contribution in [2.45, 2.75) is 24.8 Å². The quantitative estimate of drug-likeness (QED) is 0.860. The van der Waals surface area contributed by atoms with Crippen LogP contribution in [0.1, 0.15) is 24.1 Å². The molecule has 118 valence electrons. The van der Waals surface area contributed by atoms with E-state index in [1.54, 1.807) is 24.3 Å². The first kappa shape index (κ1) is 16.7. The zero-order valence-corrected chi connectivity index (χ0v) is 13.5. The van der Waals surface area contributed by atoms with Crippen molar-refractivity contribution < 1.29 is 13.5 Å². The summed E-state index contributed by atoms with van der Waals surface area (Å²) >= 11 is 0. The second-order valence-electron chi connectivity index (χ2n) is 5.48. The molecule has 2 atom stereocenters. The summed E-state index contributed by atoms with van der Waals surface area (Å²) in [5.41, 5.74) is 1.84. The highest BCUT2D eigenvalue weighted by atomic mass is 32.2. The largest absolute Gasteiger partial charge is 0.396 e. The molecule has 0 bridgehead atoms. The van der Waals surface area contributed by atoms with E-state index in [4.69, 9.17) is 0 Å². The van der Waals surface area contributed by atoms with E-state index in [2.05, 4.69) is 4.72 Å². The van der Waals surface area contributed by atoms with Gasteiger partial charge in [-0.1, -0.05) is 55.0 Å². The first-order valence-electron chi connectivity index (χ1n) is 7.19. The van der Waals surface area contributed by atoms with Crippen molar-refractivity contribution in [2.75, 3.05) is 6.61 Å². The van der Waals surface area contributed by atoms with Gasteiger partial charge in [-0.3, -0.25) is 0 Å². The lowest BCUT2D eigenvalue weighted by Gasteiger charge is -2.24. The van der Waals surface area contributed by atoms with Gasteiger partial charge in [0, 0.05) is 6.61 Å². The van der Waals surface area contributed by atoms with Crippen molar-refractivity contribution in [1.29, 1.82) is 0 Å². The monoisotopic (exact) mass is 319 g/mol. The molecule has 2 aromatic rings. The number of nitrogens with one attached hydrogen (secondary N) is 1. The average molecular weight is 319 g/mol. The molecule has 0 aliphatic carbocycles. The Balaban J connectivity index is 2.32. The van der Waals surface area contributed by atoms with Crippen molar-refractivity contribution in [3.63, 3.8) is 0 Å². The van der Waals surface area contributed by atoms with Crippen LogP contribution in [0.4, 0.5) is 0 Å². The molecule has 22 heavy (non-hydrogen) atoms. The van der Waals surface area contributed by atoms with Gasteiger partial charge in [0.2, 0.25) is 10.0 Å². The van der Waals surface area contributed by atoms with Gasteiger partial charge in [-0.15, -0.1) is 0 Å². The summed E-state index contributed by atoms with van der Waals surface area (Å²) < 4.78 is 27.8. The molecular formula is C17H21NO3S. The Morgan fingerprint density at radius 1 is 1.05 bits per heavy atom. The average Bonchev–Trinajstić information content (AvgIpc) is 2.53. The smallest absolute Gasteiger partial charge is 0.241 e. The van der Waals surface area contributed by atoms with Crippen molar-refractivity contribution in [3.05, 3.63) is 65.7 Å². The molecule has 0 unspecified atom stereocenters. The number of hydrogen-bond acceptors (Lipinski definition) is 3.